The van der Waals surface area contributed by atoms with Gasteiger partial charge in [0.25, 0.3) is 11.2 Å². The first-order valence-electron chi connectivity index (χ1n) is 11.4. The molecule has 2 aliphatic rings. The summed E-state index contributed by atoms with van der Waals surface area (Å²) in [7, 11) is 0. The third-order valence-corrected chi connectivity index (χ3v) is 8.17. The van der Waals surface area contributed by atoms with Crippen LogP contribution in [0, 0.1) is 10.1 Å². The molecule has 4 aromatic rings. The molecule has 6 rings (SSSR count). The summed E-state index contributed by atoms with van der Waals surface area (Å²) in [6.07, 6.45) is 3.11. The minimum Gasteiger partial charge on any atom is -0.505 e. The molecule has 0 saturated carbocycles. The van der Waals surface area contributed by atoms with Crippen molar-refractivity contribution in [2.75, 3.05) is 0 Å². The van der Waals surface area contributed by atoms with E-state index in [1.54, 1.807) is 16.7 Å². The molecule has 0 fully saturated rings. The zero-order valence-electron chi connectivity index (χ0n) is 19.0. The number of fused-ring (bicyclic) bond motifs is 3. The van der Waals surface area contributed by atoms with Crippen molar-refractivity contribution in [3.8, 4) is 5.75 Å². The molecule has 1 aromatic heterocycles. The molecular weight excluding hydrogens is 533 g/mol. The highest BCUT2D eigenvalue weighted by atomic mass is 35.5. The number of hydrogen-bond donors (Lipinski definition) is 1. The largest absolute Gasteiger partial charge is 0.505 e. The van der Waals surface area contributed by atoms with E-state index in [-0.39, 0.29) is 27.0 Å². The Morgan fingerprint density at radius 1 is 1.08 bits per heavy atom. The number of aromatic nitrogens is 1. The summed E-state index contributed by atoms with van der Waals surface area (Å²) in [4.78, 5) is 30.3. The third-order valence-electron chi connectivity index (χ3n) is 6.61. The van der Waals surface area contributed by atoms with Crippen LogP contribution in [0.5, 0.6) is 5.75 Å². The zero-order chi connectivity index (χ0) is 25.8. The Morgan fingerprint density at radius 3 is 2.59 bits per heavy atom. The van der Waals surface area contributed by atoms with Crippen molar-refractivity contribution in [1.82, 2.24) is 4.57 Å². The van der Waals surface area contributed by atoms with Crippen LogP contribution in [0.25, 0.3) is 11.8 Å². The lowest BCUT2D eigenvalue weighted by Gasteiger charge is -2.30. The Kier molecular flexibility index (Phi) is 5.75. The van der Waals surface area contributed by atoms with Crippen molar-refractivity contribution >= 4 is 52.0 Å². The predicted molar refractivity (Wildman–Crippen MR) is 144 cm³/mol. The highest BCUT2D eigenvalue weighted by Gasteiger charge is 2.33. The van der Waals surface area contributed by atoms with Gasteiger partial charge >= 0.3 is 0 Å². The molecule has 1 atom stereocenters. The number of nitro benzene ring substituents is 1. The quantitative estimate of drug-likeness (QED) is 0.279. The molecule has 184 valence electrons. The second kappa shape index (κ2) is 8.99. The number of phenols is 1. The number of hydrogen-bond acceptors (Lipinski definition) is 6. The van der Waals surface area contributed by atoms with E-state index >= 15 is 0 Å². The first kappa shape index (κ1) is 23.7. The van der Waals surface area contributed by atoms with Gasteiger partial charge in [0.05, 0.1) is 31.2 Å². The average Bonchev–Trinajstić information content (AvgIpc) is 3.20. The van der Waals surface area contributed by atoms with Crippen LogP contribution in [-0.4, -0.2) is 14.6 Å². The maximum Gasteiger partial charge on any atom is 0.271 e. The van der Waals surface area contributed by atoms with Gasteiger partial charge in [-0.2, -0.15) is 0 Å². The second-order valence-electron chi connectivity index (χ2n) is 8.80. The molecule has 2 heterocycles. The number of thiazole rings is 1. The summed E-state index contributed by atoms with van der Waals surface area (Å²) < 4.78 is 2.02. The van der Waals surface area contributed by atoms with E-state index in [0.29, 0.717) is 26.9 Å². The number of benzene rings is 3. The first-order valence-corrected chi connectivity index (χ1v) is 12.9. The summed E-state index contributed by atoms with van der Waals surface area (Å²) in [6.45, 7) is 0. The molecule has 1 unspecified atom stereocenters. The summed E-state index contributed by atoms with van der Waals surface area (Å²) in [5, 5.41) is 21.6. The lowest BCUT2D eigenvalue weighted by Crippen LogP contribution is -2.38. The van der Waals surface area contributed by atoms with E-state index in [4.69, 9.17) is 28.2 Å². The Hall–Kier alpha value is -3.72. The normalized spacial score (nSPS) is 16.6. The molecule has 1 aliphatic heterocycles. The highest BCUT2D eigenvalue weighted by molar-refractivity contribution is 7.07. The van der Waals surface area contributed by atoms with Crippen molar-refractivity contribution in [3.63, 3.8) is 0 Å². The number of non-ortho nitro benzene ring substituents is 1. The molecule has 0 bridgehead atoms. The Morgan fingerprint density at radius 2 is 1.84 bits per heavy atom. The number of phenolic OH excluding ortho intramolecular Hbond substituents is 1. The predicted octanol–water partition coefficient (Wildman–Crippen LogP) is 5.24. The first-order chi connectivity index (χ1) is 17.8. The van der Waals surface area contributed by atoms with Gasteiger partial charge in [0, 0.05) is 17.7 Å². The lowest BCUT2D eigenvalue weighted by molar-refractivity contribution is -0.384. The topological polar surface area (TPSA) is 97.7 Å². The van der Waals surface area contributed by atoms with Crippen molar-refractivity contribution in [2.24, 2.45) is 4.99 Å². The number of halogens is 2. The van der Waals surface area contributed by atoms with E-state index in [2.05, 4.69) is 6.07 Å². The summed E-state index contributed by atoms with van der Waals surface area (Å²) >= 11 is 13.4. The number of nitrogens with zero attached hydrogens (tertiary/aromatic N) is 3. The minimum atomic E-state index is -0.534. The van der Waals surface area contributed by atoms with Crippen molar-refractivity contribution in [3.05, 3.63) is 128 Å². The molecule has 37 heavy (non-hydrogen) atoms. The van der Waals surface area contributed by atoms with Gasteiger partial charge in [-0.05, 0) is 53.3 Å². The SMILES string of the molecule is O=c1/c(=C/c2cc(Cl)c(O)c(Cl)c2)sc2n1C(c1cccc([N+](=O)[O-])c1)C1=C(N=2)c2ccccc2CC1. The second-order valence-corrected chi connectivity index (χ2v) is 10.6. The molecule has 0 amide bonds. The van der Waals surface area contributed by atoms with Crippen LogP contribution in [0.2, 0.25) is 10.0 Å². The molecule has 3 aromatic carbocycles. The van der Waals surface area contributed by atoms with E-state index in [1.807, 2.05) is 24.3 Å². The van der Waals surface area contributed by atoms with Gasteiger partial charge in [0.1, 0.15) is 0 Å². The molecule has 0 radical (unpaired) electrons. The summed E-state index contributed by atoms with van der Waals surface area (Å²) in [5.41, 5.74) is 4.84. The minimum absolute atomic E-state index is 0.0386. The van der Waals surface area contributed by atoms with E-state index in [9.17, 15) is 20.0 Å². The fraction of sp³-hybridized carbons (Fsp3) is 0.111. The Balaban J connectivity index is 1.63. The van der Waals surface area contributed by atoms with Crippen LogP contribution in [0.15, 0.2) is 76.0 Å². The number of nitro groups is 1. The van der Waals surface area contributed by atoms with Gasteiger partial charge in [-0.1, -0.05) is 70.9 Å². The van der Waals surface area contributed by atoms with E-state index < -0.39 is 11.0 Å². The zero-order valence-corrected chi connectivity index (χ0v) is 21.3. The van der Waals surface area contributed by atoms with Gasteiger partial charge in [0.15, 0.2) is 10.6 Å². The van der Waals surface area contributed by atoms with Crippen LogP contribution in [0.3, 0.4) is 0 Å². The maximum absolute atomic E-state index is 13.8. The van der Waals surface area contributed by atoms with Crippen LogP contribution < -0.4 is 14.9 Å². The van der Waals surface area contributed by atoms with Gasteiger partial charge in [-0.25, -0.2) is 4.99 Å². The van der Waals surface area contributed by atoms with Crippen LogP contribution in [0.1, 0.15) is 34.7 Å². The smallest absolute Gasteiger partial charge is 0.271 e. The van der Waals surface area contributed by atoms with Crippen molar-refractivity contribution in [1.29, 1.82) is 0 Å². The van der Waals surface area contributed by atoms with Crippen LogP contribution >= 0.6 is 34.5 Å². The molecule has 1 N–H and O–H groups in total. The molecule has 7 nitrogen and oxygen atoms in total. The van der Waals surface area contributed by atoms with Gasteiger partial charge in [-0.3, -0.25) is 19.5 Å². The molecule has 10 heteroatoms. The van der Waals surface area contributed by atoms with Gasteiger partial charge in [0.2, 0.25) is 0 Å². The molecule has 1 aliphatic carbocycles. The summed E-state index contributed by atoms with van der Waals surface area (Å²) in [5.74, 6) is -0.223. The van der Waals surface area contributed by atoms with Crippen molar-refractivity contribution < 1.29 is 10.0 Å². The third kappa shape index (κ3) is 3.98. The highest BCUT2D eigenvalue weighted by Crippen LogP contribution is 2.41. The molecule has 0 spiro atoms. The van der Waals surface area contributed by atoms with E-state index in [1.165, 1.54) is 41.2 Å². The van der Waals surface area contributed by atoms with Crippen LogP contribution in [0.4, 0.5) is 5.69 Å². The number of aryl methyl sites for hydroxylation is 1. The number of rotatable bonds is 3. The van der Waals surface area contributed by atoms with Crippen LogP contribution in [-0.2, 0) is 6.42 Å². The fourth-order valence-electron chi connectivity index (χ4n) is 4.95. The van der Waals surface area contributed by atoms with E-state index in [0.717, 1.165) is 23.3 Å². The fourth-order valence-corrected chi connectivity index (χ4v) is 6.46. The average molecular weight is 550 g/mol. The molecule has 0 saturated heterocycles. The van der Waals surface area contributed by atoms with Crippen molar-refractivity contribution in [2.45, 2.75) is 18.9 Å². The molecular formula is C27H17Cl2N3O4S. The number of aromatic hydroxyl groups is 1. The lowest BCUT2D eigenvalue weighted by atomic mass is 9.83. The monoisotopic (exact) mass is 549 g/mol. The number of allylic oxidation sites excluding steroid dienone is 1. The maximum atomic E-state index is 13.8. The Bertz CT molecular complexity index is 1820. The van der Waals surface area contributed by atoms with Gasteiger partial charge < -0.3 is 5.11 Å². The standard InChI is InChI=1S/C27H17Cl2N3O4S/c28-20-10-14(11-21(29)25(20)33)12-22-26(34)31-24(16-5-3-6-17(13-16)32(35)36)19-9-8-15-4-1-2-7-18(15)23(19)30-27(31)37-22/h1-7,10-13,24,33H,8-9H2/b22-12-. The Labute approximate surface area is 224 Å². The summed E-state index contributed by atoms with van der Waals surface area (Å²) in [6, 6.07) is 17.0. The van der Waals surface area contributed by atoms with Gasteiger partial charge in [-0.15, -0.1) is 0 Å².